The molecule has 1 aliphatic rings. The van der Waals surface area contributed by atoms with Gasteiger partial charge >= 0.3 is 0 Å². The molecule has 0 saturated heterocycles. The predicted octanol–water partition coefficient (Wildman–Crippen LogP) is 4.18. The third-order valence-corrected chi connectivity index (χ3v) is 6.17. The summed E-state index contributed by atoms with van der Waals surface area (Å²) >= 11 is 0. The van der Waals surface area contributed by atoms with Crippen LogP contribution < -0.4 is 20.4 Å². The number of rotatable bonds is 3. The van der Waals surface area contributed by atoms with Crippen LogP contribution in [0.2, 0.25) is 0 Å². The number of aromatic amines is 1. The molecule has 32 heavy (non-hydrogen) atoms. The van der Waals surface area contributed by atoms with Crippen molar-refractivity contribution in [2.24, 2.45) is 0 Å². The van der Waals surface area contributed by atoms with E-state index in [0.717, 1.165) is 29.1 Å². The van der Waals surface area contributed by atoms with Crippen molar-refractivity contribution in [1.82, 2.24) is 10.3 Å². The van der Waals surface area contributed by atoms with Crippen molar-refractivity contribution >= 4 is 33.4 Å². The molecule has 5 rings (SSSR count). The molecule has 4 aromatic rings. The number of fused-ring (bicyclic) bond motifs is 3. The number of amides is 1. The molecule has 2 N–H and O–H groups in total. The van der Waals surface area contributed by atoms with Gasteiger partial charge in [0, 0.05) is 28.9 Å². The first-order valence-corrected chi connectivity index (χ1v) is 10.7. The maximum Gasteiger partial charge on any atom is 0.252 e. The number of aromatic nitrogens is 1. The van der Waals surface area contributed by atoms with Gasteiger partial charge in [-0.25, -0.2) is 0 Å². The van der Waals surface area contributed by atoms with Crippen molar-refractivity contribution in [2.45, 2.75) is 19.4 Å². The molecule has 0 fully saturated rings. The van der Waals surface area contributed by atoms with Gasteiger partial charge in [-0.2, -0.15) is 0 Å². The zero-order valence-corrected chi connectivity index (χ0v) is 18.4. The summed E-state index contributed by atoms with van der Waals surface area (Å²) in [5.41, 5.74) is 3.26. The quantitative estimate of drug-likeness (QED) is 0.481. The van der Waals surface area contributed by atoms with Gasteiger partial charge in [-0.1, -0.05) is 18.2 Å². The van der Waals surface area contributed by atoms with Crippen molar-refractivity contribution in [3.8, 4) is 5.75 Å². The van der Waals surface area contributed by atoms with Gasteiger partial charge in [0.25, 0.3) is 5.91 Å². The maximum absolute atomic E-state index is 13.1. The van der Waals surface area contributed by atoms with Crippen LogP contribution in [0.15, 0.2) is 65.5 Å². The number of hydrogen-bond donors (Lipinski definition) is 2. The van der Waals surface area contributed by atoms with Gasteiger partial charge < -0.3 is 19.9 Å². The molecule has 1 aromatic heterocycles. The highest BCUT2D eigenvalue weighted by atomic mass is 16.5. The second-order valence-corrected chi connectivity index (χ2v) is 8.79. The molecule has 3 aromatic carbocycles. The zero-order valence-electron chi connectivity index (χ0n) is 18.4. The molecule has 2 heterocycles. The number of H-pyrrole nitrogens is 1. The van der Waals surface area contributed by atoms with Crippen LogP contribution in [0.4, 0.5) is 5.69 Å². The molecule has 1 amide bonds. The van der Waals surface area contributed by atoms with Gasteiger partial charge in [-0.3, -0.25) is 9.59 Å². The normalized spacial score (nSPS) is 13.7. The molecule has 0 bridgehead atoms. The van der Waals surface area contributed by atoms with Crippen LogP contribution in [0.5, 0.6) is 5.75 Å². The van der Waals surface area contributed by atoms with Crippen LogP contribution in [0.1, 0.15) is 29.8 Å². The Hall–Kier alpha value is -3.80. The number of pyridine rings is 1. The third-order valence-electron chi connectivity index (χ3n) is 6.17. The molecule has 162 valence electrons. The van der Waals surface area contributed by atoms with E-state index in [1.54, 1.807) is 24.3 Å². The van der Waals surface area contributed by atoms with E-state index in [1.165, 1.54) is 0 Å². The zero-order chi connectivity index (χ0) is 22.5. The van der Waals surface area contributed by atoms with E-state index in [-0.39, 0.29) is 11.3 Å². The fraction of sp³-hybridized carbons (Fsp3) is 0.231. The minimum absolute atomic E-state index is 0.0398. The highest BCUT2D eigenvalue weighted by Crippen LogP contribution is 2.34. The Morgan fingerprint density at radius 2 is 1.81 bits per heavy atom. The van der Waals surface area contributed by atoms with Gasteiger partial charge in [0.2, 0.25) is 0 Å². The number of hydrogen-bond acceptors (Lipinski definition) is 4. The third kappa shape index (κ3) is 3.38. The van der Waals surface area contributed by atoms with E-state index >= 15 is 0 Å². The number of carbonyl (C=O) groups is 1. The summed E-state index contributed by atoms with van der Waals surface area (Å²) in [5, 5.41) is 4.34. The van der Waals surface area contributed by atoms with Crippen molar-refractivity contribution in [2.75, 3.05) is 25.1 Å². The first kappa shape index (κ1) is 20.1. The Labute approximate surface area is 185 Å². The number of ether oxygens (including phenoxy) is 1. The molecule has 1 aliphatic heterocycles. The summed E-state index contributed by atoms with van der Waals surface area (Å²) in [7, 11) is 2.04. The Kier molecular flexibility index (Phi) is 4.66. The van der Waals surface area contributed by atoms with E-state index < -0.39 is 5.54 Å². The second-order valence-electron chi connectivity index (χ2n) is 8.79. The van der Waals surface area contributed by atoms with Crippen LogP contribution in [0.3, 0.4) is 0 Å². The molecular formula is C26H25N3O3. The summed E-state index contributed by atoms with van der Waals surface area (Å²) in [4.78, 5) is 31.4. The lowest BCUT2D eigenvalue weighted by molar-refractivity contribution is 0.0912. The molecule has 0 aliphatic carbocycles. The second kappa shape index (κ2) is 7.41. The Morgan fingerprint density at radius 3 is 2.66 bits per heavy atom. The summed E-state index contributed by atoms with van der Waals surface area (Å²) in [6.45, 7) is 5.45. The Balaban J connectivity index is 1.47. The number of likely N-dealkylation sites (N-methyl/N-ethyl adjacent to an activating group) is 1. The van der Waals surface area contributed by atoms with Gasteiger partial charge in [0.15, 0.2) is 5.43 Å². The number of carbonyl (C=O) groups excluding carboxylic acids is 1. The average Bonchev–Trinajstić information content (AvgIpc) is 2.78. The highest BCUT2D eigenvalue weighted by Gasteiger charge is 2.26. The topological polar surface area (TPSA) is 74.4 Å². The van der Waals surface area contributed by atoms with Crippen LogP contribution in [-0.2, 0) is 5.54 Å². The lowest BCUT2D eigenvalue weighted by Gasteiger charge is -2.32. The van der Waals surface area contributed by atoms with Gasteiger partial charge in [-0.15, -0.1) is 0 Å². The van der Waals surface area contributed by atoms with Crippen molar-refractivity contribution in [3.05, 3.63) is 82.0 Å². The lowest BCUT2D eigenvalue weighted by Crippen LogP contribution is -2.41. The largest absolute Gasteiger partial charge is 0.490 e. The molecule has 0 radical (unpaired) electrons. The predicted molar refractivity (Wildman–Crippen MR) is 128 cm³/mol. The van der Waals surface area contributed by atoms with Crippen LogP contribution in [0.25, 0.3) is 21.8 Å². The molecule has 0 saturated carbocycles. The Morgan fingerprint density at radius 1 is 1.03 bits per heavy atom. The van der Waals surface area contributed by atoms with Crippen molar-refractivity contribution in [3.63, 3.8) is 0 Å². The Bertz CT molecular complexity index is 1420. The average molecular weight is 428 g/mol. The molecular weight excluding hydrogens is 402 g/mol. The van der Waals surface area contributed by atoms with Gasteiger partial charge in [0.1, 0.15) is 12.4 Å². The fourth-order valence-corrected chi connectivity index (χ4v) is 4.23. The number of benzene rings is 3. The number of para-hydroxylation sites is 1. The molecule has 6 heteroatoms. The van der Waals surface area contributed by atoms with E-state index in [2.05, 4.69) is 21.3 Å². The van der Waals surface area contributed by atoms with E-state index in [1.807, 2.05) is 51.2 Å². The fourth-order valence-electron chi connectivity index (χ4n) is 4.23. The molecule has 0 atom stereocenters. The van der Waals surface area contributed by atoms with Gasteiger partial charge in [-0.05, 0) is 61.9 Å². The number of nitrogens with one attached hydrogen (secondary N) is 2. The summed E-state index contributed by atoms with van der Waals surface area (Å²) < 4.78 is 5.73. The summed E-state index contributed by atoms with van der Waals surface area (Å²) in [6, 6.07) is 18.6. The van der Waals surface area contributed by atoms with E-state index in [0.29, 0.717) is 28.5 Å². The summed E-state index contributed by atoms with van der Waals surface area (Å²) in [5.74, 6) is 0.656. The van der Waals surface area contributed by atoms with Gasteiger partial charge in [0.05, 0.1) is 23.3 Å². The monoisotopic (exact) mass is 427 g/mol. The smallest absolute Gasteiger partial charge is 0.252 e. The van der Waals surface area contributed by atoms with E-state index in [4.69, 9.17) is 4.74 Å². The molecule has 0 unspecified atom stereocenters. The van der Waals surface area contributed by atoms with Crippen LogP contribution in [0, 0.1) is 0 Å². The first-order chi connectivity index (χ1) is 15.3. The van der Waals surface area contributed by atoms with Crippen LogP contribution >= 0.6 is 0 Å². The summed E-state index contributed by atoms with van der Waals surface area (Å²) in [6.07, 6.45) is 0. The minimum atomic E-state index is -0.601. The first-order valence-electron chi connectivity index (χ1n) is 10.7. The highest BCUT2D eigenvalue weighted by molar-refractivity contribution is 6.00. The van der Waals surface area contributed by atoms with E-state index in [9.17, 15) is 9.59 Å². The van der Waals surface area contributed by atoms with Crippen LogP contribution in [-0.4, -0.2) is 31.1 Å². The standard InChI is InChI=1S/C26H25N3O3/c1-26(2,17-9-11-23-22(15-17)29(3)12-13-32-23)28-25(31)16-8-10-19-21(14-16)27-20-7-5-4-6-18(20)24(19)30/h4-11,14-15H,12-13H2,1-3H3,(H,27,30)(H,28,31). The molecule has 6 nitrogen and oxygen atoms in total. The van der Waals surface area contributed by atoms with Crippen molar-refractivity contribution < 1.29 is 9.53 Å². The lowest BCUT2D eigenvalue weighted by atomic mass is 9.92. The number of nitrogens with zero attached hydrogens (tertiary/aromatic N) is 1. The molecule has 0 spiro atoms. The van der Waals surface area contributed by atoms with Crippen molar-refractivity contribution in [1.29, 1.82) is 0 Å². The number of anilines is 1. The maximum atomic E-state index is 13.1. The SMILES string of the molecule is CN1CCOc2ccc(C(C)(C)NC(=O)c3ccc4c(=O)c5ccccc5[nH]c4c3)cc21. The minimum Gasteiger partial charge on any atom is -0.490 e.